The fourth-order valence-corrected chi connectivity index (χ4v) is 2.55. The number of nitrogens with one attached hydrogen (secondary N) is 1. The Hall–Kier alpha value is -0.870. The lowest BCUT2D eigenvalue weighted by molar-refractivity contribution is 0.361. The molecular weight excluding hydrogens is 188 g/mol. The largest absolute Gasteiger partial charge is 0.276 e. The first-order chi connectivity index (χ1) is 7.29. The van der Waals surface area contributed by atoms with Gasteiger partial charge in [-0.05, 0) is 30.7 Å². The van der Waals surface area contributed by atoms with Crippen LogP contribution in [0.5, 0.6) is 0 Å². The van der Waals surface area contributed by atoms with Crippen molar-refractivity contribution >= 4 is 0 Å². The highest BCUT2D eigenvalue weighted by molar-refractivity contribution is 5.06. The number of hydrogen-bond donors (Lipinski definition) is 2. The third kappa shape index (κ3) is 2.58. The molecule has 0 radical (unpaired) electrons. The topological polar surface area (TPSA) is 55.9 Å². The lowest BCUT2D eigenvalue weighted by Crippen LogP contribution is -2.41. The molecule has 1 atom stereocenters. The van der Waals surface area contributed by atoms with Crippen LogP contribution < -0.4 is 11.3 Å². The second kappa shape index (κ2) is 4.77. The molecule has 15 heavy (non-hydrogen) atoms. The van der Waals surface area contributed by atoms with Crippen molar-refractivity contribution in [3.8, 4) is 0 Å². The van der Waals surface area contributed by atoms with Crippen molar-refractivity contribution in [2.75, 3.05) is 0 Å². The molecule has 4 nitrogen and oxygen atoms in total. The Morgan fingerprint density at radius 3 is 2.87 bits per heavy atom. The average molecular weight is 208 g/mol. The molecule has 2 rings (SSSR count). The van der Waals surface area contributed by atoms with Gasteiger partial charge in [-0.1, -0.05) is 12.8 Å². The number of aromatic nitrogens is 2. The number of hydrazine groups is 1. The maximum atomic E-state index is 5.63. The standard InChI is InChI=1S/C11H20N4/c1-15-8-9(7-13-15)6-11(14-12)10-4-2-3-5-10/h7-8,10-11,14H,2-6,12H2,1H3. The first kappa shape index (κ1) is 10.6. The Labute approximate surface area is 90.8 Å². The van der Waals surface area contributed by atoms with E-state index in [1.807, 2.05) is 17.9 Å². The van der Waals surface area contributed by atoms with Gasteiger partial charge in [-0.15, -0.1) is 0 Å². The number of aryl methyl sites for hydroxylation is 1. The number of nitrogens with zero attached hydrogens (tertiary/aromatic N) is 2. The molecule has 0 bridgehead atoms. The van der Waals surface area contributed by atoms with Gasteiger partial charge < -0.3 is 0 Å². The summed E-state index contributed by atoms with van der Waals surface area (Å²) in [6, 6.07) is 0.414. The fourth-order valence-electron chi connectivity index (χ4n) is 2.55. The lowest BCUT2D eigenvalue weighted by Gasteiger charge is -2.21. The predicted octanol–water partition coefficient (Wildman–Crippen LogP) is 0.985. The lowest BCUT2D eigenvalue weighted by atomic mass is 9.94. The van der Waals surface area contributed by atoms with E-state index in [-0.39, 0.29) is 0 Å². The SMILES string of the molecule is Cn1cc(CC(NN)C2CCCC2)cn1. The summed E-state index contributed by atoms with van der Waals surface area (Å²) in [4.78, 5) is 0. The highest BCUT2D eigenvalue weighted by Gasteiger charge is 2.24. The van der Waals surface area contributed by atoms with E-state index < -0.39 is 0 Å². The van der Waals surface area contributed by atoms with Crippen molar-refractivity contribution in [1.29, 1.82) is 0 Å². The molecule has 0 amide bonds. The highest BCUT2D eigenvalue weighted by Crippen LogP contribution is 2.28. The maximum Gasteiger partial charge on any atom is 0.0522 e. The molecule has 84 valence electrons. The van der Waals surface area contributed by atoms with Crippen LogP contribution in [0.15, 0.2) is 12.4 Å². The maximum absolute atomic E-state index is 5.63. The van der Waals surface area contributed by atoms with Crippen molar-refractivity contribution in [2.24, 2.45) is 18.8 Å². The quantitative estimate of drug-likeness (QED) is 0.573. The summed E-state index contributed by atoms with van der Waals surface area (Å²) in [6.45, 7) is 0. The Morgan fingerprint density at radius 2 is 2.33 bits per heavy atom. The smallest absolute Gasteiger partial charge is 0.0522 e. The summed E-state index contributed by atoms with van der Waals surface area (Å²) in [5.74, 6) is 6.38. The zero-order valence-electron chi connectivity index (χ0n) is 9.32. The molecular formula is C11H20N4. The molecule has 1 unspecified atom stereocenters. The second-order valence-electron chi connectivity index (χ2n) is 4.54. The predicted molar refractivity (Wildman–Crippen MR) is 60.0 cm³/mol. The normalized spacial score (nSPS) is 19.6. The minimum atomic E-state index is 0.414. The van der Waals surface area contributed by atoms with E-state index in [1.54, 1.807) is 0 Å². The third-order valence-electron chi connectivity index (χ3n) is 3.40. The van der Waals surface area contributed by atoms with E-state index in [9.17, 15) is 0 Å². The summed E-state index contributed by atoms with van der Waals surface area (Å²) >= 11 is 0. The van der Waals surface area contributed by atoms with Gasteiger partial charge in [0.1, 0.15) is 0 Å². The fraction of sp³-hybridized carbons (Fsp3) is 0.727. The summed E-state index contributed by atoms with van der Waals surface area (Å²) in [5.41, 5.74) is 4.24. The third-order valence-corrected chi connectivity index (χ3v) is 3.40. The minimum Gasteiger partial charge on any atom is -0.276 e. The zero-order chi connectivity index (χ0) is 10.7. The molecule has 0 saturated heterocycles. The molecule has 1 aliphatic rings. The van der Waals surface area contributed by atoms with Crippen molar-refractivity contribution in [1.82, 2.24) is 15.2 Å². The first-order valence-corrected chi connectivity index (χ1v) is 5.73. The van der Waals surface area contributed by atoms with Crippen LogP contribution in [0.2, 0.25) is 0 Å². The monoisotopic (exact) mass is 208 g/mol. The van der Waals surface area contributed by atoms with Crippen LogP contribution in [0.3, 0.4) is 0 Å². The van der Waals surface area contributed by atoms with Crippen LogP contribution in [-0.2, 0) is 13.5 Å². The summed E-state index contributed by atoms with van der Waals surface area (Å²) in [6.07, 6.45) is 10.3. The van der Waals surface area contributed by atoms with E-state index in [0.29, 0.717) is 6.04 Å². The minimum absolute atomic E-state index is 0.414. The average Bonchev–Trinajstić information content (AvgIpc) is 2.85. The zero-order valence-corrected chi connectivity index (χ0v) is 9.32. The highest BCUT2D eigenvalue weighted by atomic mass is 15.2. The Bertz CT molecular complexity index is 301. The van der Waals surface area contributed by atoms with Crippen LogP contribution >= 0.6 is 0 Å². The van der Waals surface area contributed by atoms with E-state index in [2.05, 4.69) is 16.7 Å². The summed E-state index contributed by atoms with van der Waals surface area (Å²) < 4.78 is 1.84. The van der Waals surface area contributed by atoms with Gasteiger partial charge in [-0.3, -0.25) is 16.0 Å². The Balaban J connectivity index is 1.95. The van der Waals surface area contributed by atoms with Gasteiger partial charge in [0.2, 0.25) is 0 Å². The van der Waals surface area contributed by atoms with Gasteiger partial charge in [-0.25, -0.2) is 0 Å². The van der Waals surface area contributed by atoms with E-state index in [0.717, 1.165) is 12.3 Å². The van der Waals surface area contributed by atoms with Crippen molar-refractivity contribution in [2.45, 2.75) is 38.1 Å². The van der Waals surface area contributed by atoms with Crippen molar-refractivity contribution in [3.05, 3.63) is 18.0 Å². The molecule has 3 N–H and O–H groups in total. The van der Waals surface area contributed by atoms with Crippen molar-refractivity contribution in [3.63, 3.8) is 0 Å². The van der Waals surface area contributed by atoms with Gasteiger partial charge in [0.15, 0.2) is 0 Å². The van der Waals surface area contributed by atoms with Crippen LogP contribution in [0.1, 0.15) is 31.2 Å². The van der Waals surface area contributed by atoms with Gasteiger partial charge >= 0.3 is 0 Å². The van der Waals surface area contributed by atoms with E-state index in [4.69, 9.17) is 5.84 Å². The molecule has 0 spiro atoms. The molecule has 4 heteroatoms. The van der Waals surface area contributed by atoms with Gasteiger partial charge in [0.25, 0.3) is 0 Å². The molecule has 0 aromatic carbocycles. The molecule has 1 aromatic heterocycles. The van der Waals surface area contributed by atoms with Crippen molar-refractivity contribution < 1.29 is 0 Å². The van der Waals surface area contributed by atoms with Crippen LogP contribution in [0.25, 0.3) is 0 Å². The molecule has 1 aromatic rings. The Kier molecular flexibility index (Phi) is 3.38. The molecule has 1 saturated carbocycles. The molecule has 1 heterocycles. The van der Waals surface area contributed by atoms with Gasteiger partial charge in [0.05, 0.1) is 6.20 Å². The van der Waals surface area contributed by atoms with E-state index in [1.165, 1.54) is 31.2 Å². The van der Waals surface area contributed by atoms with Crippen LogP contribution in [0.4, 0.5) is 0 Å². The number of hydrogen-bond acceptors (Lipinski definition) is 3. The molecule has 1 fully saturated rings. The molecule has 1 aliphatic carbocycles. The summed E-state index contributed by atoms with van der Waals surface area (Å²) in [5, 5.41) is 4.18. The Morgan fingerprint density at radius 1 is 1.60 bits per heavy atom. The second-order valence-corrected chi connectivity index (χ2v) is 4.54. The van der Waals surface area contributed by atoms with Crippen LogP contribution in [-0.4, -0.2) is 15.8 Å². The van der Waals surface area contributed by atoms with Crippen LogP contribution in [0, 0.1) is 5.92 Å². The molecule has 0 aliphatic heterocycles. The van der Waals surface area contributed by atoms with E-state index >= 15 is 0 Å². The van der Waals surface area contributed by atoms with Gasteiger partial charge in [0, 0.05) is 19.3 Å². The van der Waals surface area contributed by atoms with Gasteiger partial charge in [-0.2, -0.15) is 5.10 Å². The number of rotatable bonds is 4. The number of nitrogens with two attached hydrogens (primary N) is 1. The summed E-state index contributed by atoms with van der Waals surface area (Å²) in [7, 11) is 1.95. The first-order valence-electron chi connectivity index (χ1n) is 5.73.